The number of rotatable bonds is 6. The van der Waals surface area contributed by atoms with Gasteiger partial charge in [-0.25, -0.2) is 13.8 Å². The Morgan fingerprint density at radius 3 is 2.62 bits per heavy atom. The van der Waals surface area contributed by atoms with Crippen LogP contribution in [0.3, 0.4) is 0 Å². The van der Waals surface area contributed by atoms with Gasteiger partial charge in [0.25, 0.3) is 5.78 Å². The summed E-state index contributed by atoms with van der Waals surface area (Å²) >= 11 is 0. The van der Waals surface area contributed by atoms with Crippen LogP contribution in [0.4, 0.5) is 20.3 Å². The molecule has 0 spiro atoms. The Labute approximate surface area is 183 Å². The molecule has 0 saturated carbocycles. The first-order chi connectivity index (χ1) is 15.6. The normalized spacial score (nSPS) is 15.0. The molecule has 166 valence electrons. The average molecular weight is 439 g/mol. The maximum atomic E-state index is 14.0. The number of benzene rings is 1. The number of nitrogen functional groups attached to an aromatic ring is 1. The van der Waals surface area contributed by atoms with Gasteiger partial charge in [0.05, 0.1) is 12.0 Å². The van der Waals surface area contributed by atoms with Crippen molar-refractivity contribution in [3.05, 3.63) is 60.0 Å². The van der Waals surface area contributed by atoms with E-state index >= 15 is 0 Å². The molecule has 4 heterocycles. The molecule has 0 radical (unpaired) electrons. The lowest BCUT2D eigenvalue weighted by Gasteiger charge is -2.36. The molecule has 0 aliphatic carbocycles. The molecule has 8 nitrogen and oxygen atoms in total. The van der Waals surface area contributed by atoms with Crippen molar-refractivity contribution in [2.45, 2.75) is 12.8 Å². The number of aryl methyl sites for hydroxylation is 1. The molecule has 1 aromatic carbocycles. The van der Waals surface area contributed by atoms with E-state index in [1.807, 2.05) is 11.0 Å². The summed E-state index contributed by atoms with van der Waals surface area (Å²) in [4.78, 5) is 13.3. The van der Waals surface area contributed by atoms with Crippen LogP contribution < -0.4 is 10.6 Å². The highest BCUT2D eigenvalue weighted by molar-refractivity contribution is 5.52. The molecular weight excluding hydrogens is 416 g/mol. The van der Waals surface area contributed by atoms with E-state index in [2.05, 4.69) is 20.0 Å². The fourth-order valence-corrected chi connectivity index (χ4v) is 4.01. The molecule has 1 fully saturated rings. The van der Waals surface area contributed by atoms with Gasteiger partial charge in [-0.1, -0.05) is 0 Å². The Morgan fingerprint density at radius 2 is 1.88 bits per heavy atom. The molecule has 0 atom stereocenters. The molecule has 0 amide bonds. The molecule has 10 heteroatoms. The number of nitrogens with two attached hydrogens (primary N) is 1. The highest BCUT2D eigenvalue weighted by atomic mass is 19.1. The van der Waals surface area contributed by atoms with Crippen LogP contribution in [0.25, 0.3) is 17.4 Å². The predicted octanol–water partition coefficient (Wildman–Crippen LogP) is 3.00. The fraction of sp³-hybridized carbons (Fsp3) is 0.318. The van der Waals surface area contributed by atoms with Gasteiger partial charge in [0.2, 0.25) is 5.82 Å². The summed E-state index contributed by atoms with van der Waals surface area (Å²) in [6.07, 6.45) is 3.24. The second kappa shape index (κ2) is 8.54. The lowest BCUT2D eigenvalue weighted by Crippen LogP contribution is -2.47. The van der Waals surface area contributed by atoms with Crippen molar-refractivity contribution < 1.29 is 13.2 Å². The number of piperazine rings is 1. The summed E-state index contributed by atoms with van der Waals surface area (Å²) < 4.78 is 34.0. The number of furan rings is 1. The molecule has 0 bridgehead atoms. The van der Waals surface area contributed by atoms with Crippen LogP contribution in [0.15, 0.2) is 47.1 Å². The van der Waals surface area contributed by atoms with E-state index in [4.69, 9.17) is 10.2 Å². The molecular formula is C22H23F2N7O. The first kappa shape index (κ1) is 20.4. The summed E-state index contributed by atoms with van der Waals surface area (Å²) in [7, 11) is 0. The third kappa shape index (κ3) is 4.13. The van der Waals surface area contributed by atoms with E-state index in [1.54, 1.807) is 18.4 Å². The molecule has 4 aromatic rings. The summed E-state index contributed by atoms with van der Waals surface area (Å²) in [5, 5.41) is 4.36. The van der Waals surface area contributed by atoms with E-state index in [0.717, 1.165) is 44.2 Å². The minimum atomic E-state index is -0.555. The van der Waals surface area contributed by atoms with Crippen molar-refractivity contribution in [3.8, 4) is 11.6 Å². The molecule has 1 saturated heterocycles. The minimum absolute atomic E-state index is 0.446. The lowest BCUT2D eigenvalue weighted by molar-refractivity contribution is 0.254. The predicted molar refractivity (Wildman–Crippen MR) is 116 cm³/mol. The van der Waals surface area contributed by atoms with E-state index < -0.39 is 11.6 Å². The molecule has 32 heavy (non-hydrogen) atoms. The molecule has 1 aliphatic heterocycles. The number of halogens is 2. The first-order valence-corrected chi connectivity index (χ1v) is 10.6. The van der Waals surface area contributed by atoms with Gasteiger partial charge in [-0.05, 0) is 43.7 Å². The lowest BCUT2D eigenvalue weighted by atomic mass is 10.2. The Balaban J connectivity index is 1.16. The SMILES string of the molecule is Nc1cc(CCCN2CCN(c3ccc(F)cc3F)CC2)nc2nc(-c3ccco3)nn12. The maximum Gasteiger partial charge on any atom is 0.254 e. The summed E-state index contributed by atoms with van der Waals surface area (Å²) in [5.41, 5.74) is 7.47. The quantitative estimate of drug-likeness (QED) is 0.494. The van der Waals surface area contributed by atoms with Crippen LogP contribution in [0.1, 0.15) is 12.1 Å². The van der Waals surface area contributed by atoms with Crippen LogP contribution >= 0.6 is 0 Å². The molecule has 1 aliphatic rings. The van der Waals surface area contributed by atoms with Crippen LogP contribution in [0, 0.1) is 11.6 Å². The molecule has 5 rings (SSSR count). The number of hydrogen-bond donors (Lipinski definition) is 1. The Bertz CT molecular complexity index is 1220. The van der Waals surface area contributed by atoms with Gasteiger partial charge >= 0.3 is 0 Å². The fourth-order valence-electron chi connectivity index (χ4n) is 4.01. The van der Waals surface area contributed by atoms with Crippen LogP contribution in [0.5, 0.6) is 0 Å². The van der Waals surface area contributed by atoms with Crippen molar-refractivity contribution in [1.29, 1.82) is 0 Å². The minimum Gasteiger partial charge on any atom is -0.461 e. The summed E-state index contributed by atoms with van der Waals surface area (Å²) in [5.74, 6) is 0.867. The second-order valence-electron chi connectivity index (χ2n) is 7.82. The number of nitrogens with zero attached hydrogens (tertiary/aromatic N) is 6. The average Bonchev–Trinajstić information content (AvgIpc) is 3.45. The molecule has 3 aromatic heterocycles. The van der Waals surface area contributed by atoms with Crippen LogP contribution in [-0.4, -0.2) is 57.2 Å². The van der Waals surface area contributed by atoms with Crippen molar-refractivity contribution in [2.24, 2.45) is 0 Å². The smallest absolute Gasteiger partial charge is 0.254 e. The van der Waals surface area contributed by atoms with Crippen molar-refractivity contribution >= 4 is 17.3 Å². The zero-order valence-corrected chi connectivity index (χ0v) is 17.4. The molecule has 0 unspecified atom stereocenters. The van der Waals surface area contributed by atoms with E-state index in [-0.39, 0.29) is 0 Å². The standard InChI is InChI=1S/C22H23F2N7O/c23-15-5-6-18(17(24)13-15)30-10-8-29(9-11-30)7-1-3-16-14-20(25)31-22(26-16)27-21(28-31)19-4-2-12-32-19/h2,4-6,12-14H,1,3,7-11,25H2. The summed E-state index contributed by atoms with van der Waals surface area (Å²) in [6.45, 7) is 3.95. The van der Waals surface area contributed by atoms with Crippen molar-refractivity contribution in [2.75, 3.05) is 43.4 Å². The van der Waals surface area contributed by atoms with Crippen molar-refractivity contribution in [3.63, 3.8) is 0 Å². The van der Waals surface area contributed by atoms with Gasteiger partial charge in [0.15, 0.2) is 5.76 Å². The zero-order valence-electron chi connectivity index (χ0n) is 17.4. The Hall–Kier alpha value is -3.53. The third-order valence-corrected chi connectivity index (χ3v) is 5.66. The topological polar surface area (TPSA) is 88.7 Å². The highest BCUT2D eigenvalue weighted by Crippen LogP contribution is 2.22. The van der Waals surface area contributed by atoms with Gasteiger partial charge in [-0.3, -0.25) is 4.90 Å². The number of anilines is 2. The Kier molecular flexibility index (Phi) is 5.44. The first-order valence-electron chi connectivity index (χ1n) is 10.6. The van der Waals surface area contributed by atoms with Gasteiger partial charge < -0.3 is 15.1 Å². The molecule has 2 N–H and O–H groups in total. The van der Waals surface area contributed by atoms with E-state index in [9.17, 15) is 8.78 Å². The van der Waals surface area contributed by atoms with Crippen molar-refractivity contribution in [1.82, 2.24) is 24.5 Å². The summed E-state index contributed by atoms with van der Waals surface area (Å²) in [6, 6.07) is 9.13. The van der Waals surface area contributed by atoms with Gasteiger partial charge in [0.1, 0.15) is 17.5 Å². The number of aromatic nitrogens is 4. The number of hydrogen-bond acceptors (Lipinski definition) is 7. The maximum absolute atomic E-state index is 14.0. The number of fused-ring (bicyclic) bond motifs is 1. The van der Waals surface area contributed by atoms with Crippen LogP contribution in [-0.2, 0) is 6.42 Å². The third-order valence-electron chi connectivity index (χ3n) is 5.66. The van der Waals surface area contributed by atoms with Gasteiger partial charge in [-0.15, -0.1) is 5.10 Å². The van der Waals surface area contributed by atoms with E-state index in [1.165, 1.54) is 16.6 Å². The highest BCUT2D eigenvalue weighted by Gasteiger charge is 2.20. The van der Waals surface area contributed by atoms with Crippen LogP contribution in [0.2, 0.25) is 0 Å². The largest absolute Gasteiger partial charge is 0.461 e. The second-order valence-corrected chi connectivity index (χ2v) is 7.82. The Morgan fingerprint density at radius 1 is 1.03 bits per heavy atom. The van der Waals surface area contributed by atoms with E-state index in [0.29, 0.717) is 42.0 Å². The zero-order chi connectivity index (χ0) is 22.1. The monoisotopic (exact) mass is 439 g/mol. The van der Waals surface area contributed by atoms with Gasteiger partial charge in [-0.2, -0.15) is 9.50 Å². The van der Waals surface area contributed by atoms with Gasteiger partial charge in [0, 0.05) is 44.0 Å².